The number of aliphatic hydroxyl groups is 5. The Morgan fingerprint density at radius 2 is 0.833 bits per heavy atom. The highest BCUT2D eigenvalue weighted by Crippen LogP contribution is 1.99. The van der Waals surface area contributed by atoms with Crippen molar-refractivity contribution in [1.82, 2.24) is 14.7 Å². The van der Waals surface area contributed by atoms with Crippen molar-refractivity contribution >= 4 is 0 Å². The molecule has 24 heavy (non-hydrogen) atoms. The third-order valence-electron chi connectivity index (χ3n) is 3.76. The van der Waals surface area contributed by atoms with Crippen molar-refractivity contribution in [3.63, 3.8) is 0 Å². The summed E-state index contributed by atoms with van der Waals surface area (Å²) in [6.45, 7) is 9.01. The predicted octanol–water partition coefficient (Wildman–Crippen LogP) is -2.37. The molecule has 8 nitrogen and oxygen atoms in total. The Bertz CT molecular complexity index is 276. The molecule has 5 N–H and O–H groups in total. The lowest BCUT2D eigenvalue weighted by Crippen LogP contribution is -2.44. The lowest BCUT2D eigenvalue weighted by molar-refractivity contribution is 0.0793. The van der Waals surface area contributed by atoms with Crippen LogP contribution in [0.3, 0.4) is 0 Å². The zero-order valence-corrected chi connectivity index (χ0v) is 15.2. The topological polar surface area (TPSA) is 111 Å². The van der Waals surface area contributed by atoms with E-state index in [0.717, 1.165) is 0 Å². The van der Waals surface area contributed by atoms with Crippen LogP contribution in [-0.2, 0) is 0 Å². The molecule has 0 aromatic carbocycles. The summed E-state index contributed by atoms with van der Waals surface area (Å²) in [7, 11) is 0. The maximum Gasteiger partial charge on any atom is 0.0639 e. The van der Waals surface area contributed by atoms with Crippen molar-refractivity contribution in [2.75, 3.05) is 78.7 Å². The minimum absolute atomic E-state index is 0.0455. The van der Waals surface area contributed by atoms with Gasteiger partial charge in [0.15, 0.2) is 0 Å². The van der Waals surface area contributed by atoms with Gasteiger partial charge in [0.05, 0.1) is 32.0 Å². The van der Waals surface area contributed by atoms with Gasteiger partial charge in [-0.25, -0.2) is 0 Å². The third kappa shape index (κ3) is 13.0. The van der Waals surface area contributed by atoms with Crippen molar-refractivity contribution in [2.24, 2.45) is 0 Å². The number of nitrogens with zero attached hydrogens (tertiary/aromatic N) is 3. The van der Waals surface area contributed by atoms with Gasteiger partial charge in [-0.2, -0.15) is 0 Å². The molecule has 0 saturated heterocycles. The Morgan fingerprint density at radius 1 is 0.542 bits per heavy atom. The lowest BCUT2D eigenvalue weighted by atomic mass is 10.3. The van der Waals surface area contributed by atoms with E-state index in [2.05, 4.69) is 4.90 Å². The summed E-state index contributed by atoms with van der Waals surface area (Å²) in [6, 6.07) is 0. The summed E-state index contributed by atoms with van der Waals surface area (Å²) in [5.41, 5.74) is 0. The standard InChI is InChI=1S/C16H37N3O5/c1-15(23)13-18(4-3-17(7-10-20)8-11-21)5-6-19(9-12-22)14-16(2)24/h15-16,20-24H,3-14H2,1-2H3. The summed E-state index contributed by atoms with van der Waals surface area (Å²) in [5.74, 6) is 0. The maximum absolute atomic E-state index is 9.68. The zero-order chi connectivity index (χ0) is 18.4. The molecule has 0 bridgehead atoms. The second-order valence-electron chi connectivity index (χ2n) is 6.31. The highest BCUT2D eigenvalue weighted by Gasteiger charge is 2.14. The molecular weight excluding hydrogens is 314 g/mol. The van der Waals surface area contributed by atoms with E-state index in [1.54, 1.807) is 13.8 Å². The lowest BCUT2D eigenvalue weighted by Gasteiger charge is -2.30. The molecule has 0 aliphatic carbocycles. The monoisotopic (exact) mass is 351 g/mol. The molecule has 0 rings (SSSR count). The Kier molecular flexibility index (Phi) is 14.8. The van der Waals surface area contributed by atoms with Crippen LogP contribution >= 0.6 is 0 Å². The van der Waals surface area contributed by atoms with E-state index >= 15 is 0 Å². The van der Waals surface area contributed by atoms with E-state index in [0.29, 0.717) is 58.9 Å². The Morgan fingerprint density at radius 3 is 1.17 bits per heavy atom. The van der Waals surface area contributed by atoms with Gasteiger partial charge in [-0.15, -0.1) is 0 Å². The minimum Gasteiger partial charge on any atom is -0.395 e. The fourth-order valence-corrected chi connectivity index (χ4v) is 2.66. The average Bonchev–Trinajstić information content (AvgIpc) is 2.49. The fourth-order valence-electron chi connectivity index (χ4n) is 2.66. The largest absolute Gasteiger partial charge is 0.395 e. The first-order valence-corrected chi connectivity index (χ1v) is 8.78. The molecule has 146 valence electrons. The fraction of sp³-hybridized carbons (Fsp3) is 1.00. The van der Waals surface area contributed by atoms with Crippen LogP contribution < -0.4 is 0 Å². The van der Waals surface area contributed by atoms with Gasteiger partial charge in [0, 0.05) is 58.9 Å². The average molecular weight is 351 g/mol. The maximum atomic E-state index is 9.68. The van der Waals surface area contributed by atoms with E-state index in [4.69, 9.17) is 15.3 Å². The van der Waals surface area contributed by atoms with Gasteiger partial charge in [0.1, 0.15) is 0 Å². The van der Waals surface area contributed by atoms with E-state index < -0.39 is 12.2 Å². The van der Waals surface area contributed by atoms with Crippen LogP contribution in [0.15, 0.2) is 0 Å². The number of aliphatic hydroxyl groups excluding tert-OH is 5. The van der Waals surface area contributed by atoms with Crippen molar-refractivity contribution in [3.05, 3.63) is 0 Å². The minimum atomic E-state index is -0.452. The number of rotatable bonds is 16. The van der Waals surface area contributed by atoms with Crippen molar-refractivity contribution in [3.8, 4) is 0 Å². The number of hydrogen-bond acceptors (Lipinski definition) is 8. The van der Waals surface area contributed by atoms with Crippen molar-refractivity contribution in [1.29, 1.82) is 0 Å². The molecule has 0 aromatic heterocycles. The van der Waals surface area contributed by atoms with Crippen LogP contribution in [0.4, 0.5) is 0 Å². The smallest absolute Gasteiger partial charge is 0.0639 e. The highest BCUT2D eigenvalue weighted by atomic mass is 16.3. The van der Waals surface area contributed by atoms with Gasteiger partial charge < -0.3 is 25.5 Å². The van der Waals surface area contributed by atoms with E-state index in [1.165, 1.54) is 0 Å². The molecule has 0 spiro atoms. The SMILES string of the molecule is CC(O)CN(CCO)CCN(CCN(CCO)CCO)CC(C)O. The molecule has 0 fully saturated rings. The quantitative estimate of drug-likeness (QED) is 0.210. The normalized spacial score (nSPS) is 14.8. The first-order valence-electron chi connectivity index (χ1n) is 8.78. The van der Waals surface area contributed by atoms with Crippen LogP contribution in [0.5, 0.6) is 0 Å². The molecule has 0 radical (unpaired) electrons. The van der Waals surface area contributed by atoms with E-state index in [-0.39, 0.29) is 19.8 Å². The van der Waals surface area contributed by atoms with Crippen molar-refractivity contribution < 1.29 is 25.5 Å². The van der Waals surface area contributed by atoms with Crippen molar-refractivity contribution in [2.45, 2.75) is 26.1 Å². The van der Waals surface area contributed by atoms with Gasteiger partial charge in [0.2, 0.25) is 0 Å². The van der Waals surface area contributed by atoms with Crippen LogP contribution in [-0.4, -0.2) is 131 Å². The molecule has 0 amide bonds. The van der Waals surface area contributed by atoms with Gasteiger partial charge in [0.25, 0.3) is 0 Å². The second kappa shape index (κ2) is 15.0. The summed E-state index contributed by atoms with van der Waals surface area (Å²) in [4.78, 5) is 6.11. The first-order chi connectivity index (χ1) is 11.4. The summed E-state index contributed by atoms with van der Waals surface area (Å²) >= 11 is 0. The highest BCUT2D eigenvalue weighted by molar-refractivity contribution is 4.69. The first kappa shape index (κ1) is 23.7. The molecule has 2 atom stereocenters. The zero-order valence-electron chi connectivity index (χ0n) is 15.2. The summed E-state index contributed by atoms with van der Waals surface area (Å²) in [6.07, 6.45) is -0.899. The predicted molar refractivity (Wildman–Crippen MR) is 93.9 cm³/mol. The molecule has 0 heterocycles. The third-order valence-corrected chi connectivity index (χ3v) is 3.76. The second-order valence-corrected chi connectivity index (χ2v) is 6.31. The van der Waals surface area contributed by atoms with Gasteiger partial charge in [-0.3, -0.25) is 14.7 Å². The molecule has 2 unspecified atom stereocenters. The summed E-state index contributed by atoms with van der Waals surface area (Å²) in [5, 5.41) is 46.5. The van der Waals surface area contributed by atoms with E-state index in [9.17, 15) is 10.2 Å². The Hall–Kier alpha value is -0.320. The molecule has 0 saturated carbocycles. The molecule has 8 heteroatoms. The van der Waals surface area contributed by atoms with Crippen LogP contribution in [0.2, 0.25) is 0 Å². The number of hydrogen-bond donors (Lipinski definition) is 5. The Labute approximate surface area is 145 Å². The van der Waals surface area contributed by atoms with Gasteiger partial charge in [-0.1, -0.05) is 0 Å². The Balaban J connectivity index is 4.46. The molecule has 0 aliphatic rings. The summed E-state index contributed by atoms with van der Waals surface area (Å²) < 4.78 is 0. The van der Waals surface area contributed by atoms with E-state index in [1.807, 2.05) is 9.80 Å². The van der Waals surface area contributed by atoms with Crippen LogP contribution in [0, 0.1) is 0 Å². The van der Waals surface area contributed by atoms with Crippen LogP contribution in [0.25, 0.3) is 0 Å². The van der Waals surface area contributed by atoms with Crippen LogP contribution in [0.1, 0.15) is 13.8 Å². The molecular formula is C16H37N3O5. The van der Waals surface area contributed by atoms with Gasteiger partial charge >= 0.3 is 0 Å². The molecule has 0 aromatic rings. The van der Waals surface area contributed by atoms with Gasteiger partial charge in [-0.05, 0) is 13.8 Å². The molecule has 0 aliphatic heterocycles.